The van der Waals surface area contributed by atoms with E-state index in [4.69, 9.17) is 25.8 Å². The largest absolute Gasteiger partial charge is 0.491 e. The Hall–Kier alpha value is -4.45. The lowest BCUT2D eigenvalue weighted by molar-refractivity contribution is 0.0469. The SMILES string of the molecule is CC(C)(C)OC(=O)NC1CCC(Oc2cc(OCCF)ccc2C(=O)Nc2cccnc2C(=O)Nc2ccc(Cl)cn2)CC1. The molecule has 0 aliphatic heterocycles. The number of benzene rings is 1. The number of anilines is 2. The van der Waals surface area contributed by atoms with Gasteiger partial charge in [0.05, 0.1) is 22.4 Å². The third-order valence-corrected chi connectivity index (χ3v) is 6.70. The fourth-order valence-corrected chi connectivity index (χ4v) is 4.63. The first-order valence-electron chi connectivity index (χ1n) is 14.2. The summed E-state index contributed by atoms with van der Waals surface area (Å²) in [7, 11) is 0. The van der Waals surface area contributed by atoms with Crippen LogP contribution in [0.2, 0.25) is 5.02 Å². The molecule has 1 aliphatic rings. The molecule has 1 aromatic carbocycles. The molecule has 0 unspecified atom stereocenters. The zero-order valence-electron chi connectivity index (χ0n) is 24.7. The van der Waals surface area contributed by atoms with Gasteiger partial charge in [-0.2, -0.15) is 0 Å². The molecule has 0 bridgehead atoms. The average Bonchev–Trinajstić information content (AvgIpc) is 2.97. The summed E-state index contributed by atoms with van der Waals surface area (Å²) in [6.45, 7) is 4.59. The molecular formula is C31H35ClFN5O6. The van der Waals surface area contributed by atoms with Gasteiger partial charge in [0.15, 0.2) is 5.69 Å². The Morgan fingerprint density at radius 1 is 1.00 bits per heavy atom. The molecule has 0 saturated heterocycles. The lowest BCUT2D eigenvalue weighted by Gasteiger charge is -2.30. The zero-order chi connectivity index (χ0) is 31.7. The van der Waals surface area contributed by atoms with E-state index in [-0.39, 0.29) is 47.3 Å². The van der Waals surface area contributed by atoms with Gasteiger partial charge in [-0.3, -0.25) is 9.59 Å². The van der Waals surface area contributed by atoms with E-state index in [1.54, 1.807) is 57.2 Å². The van der Waals surface area contributed by atoms with Crippen LogP contribution in [-0.2, 0) is 4.74 Å². The molecular weight excluding hydrogens is 593 g/mol. The number of rotatable bonds is 10. The summed E-state index contributed by atoms with van der Waals surface area (Å²) >= 11 is 5.87. The summed E-state index contributed by atoms with van der Waals surface area (Å²) in [6, 6.07) is 10.8. The van der Waals surface area contributed by atoms with Crippen LogP contribution in [0.3, 0.4) is 0 Å². The number of hydrogen-bond donors (Lipinski definition) is 3. The molecule has 2 aromatic heterocycles. The molecule has 11 nitrogen and oxygen atoms in total. The predicted molar refractivity (Wildman–Crippen MR) is 163 cm³/mol. The summed E-state index contributed by atoms with van der Waals surface area (Å²) in [5.74, 6) is -0.296. The number of nitrogens with one attached hydrogen (secondary N) is 3. The molecule has 0 radical (unpaired) electrons. The Bertz CT molecular complexity index is 1460. The van der Waals surface area contributed by atoms with Crippen molar-refractivity contribution in [1.82, 2.24) is 15.3 Å². The lowest BCUT2D eigenvalue weighted by Crippen LogP contribution is -2.42. The van der Waals surface area contributed by atoms with Crippen molar-refractivity contribution in [3.8, 4) is 11.5 Å². The highest BCUT2D eigenvalue weighted by Gasteiger charge is 2.27. The monoisotopic (exact) mass is 627 g/mol. The number of carbonyl (C=O) groups is 3. The quantitative estimate of drug-likeness (QED) is 0.241. The third-order valence-electron chi connectivity index (χ3n) is 6.47. The number of alkyl halides is 1. The second kappa shape index (κ2) is 14.8. The highest BCUT2D eigenvalue weighted by molar-refractivity contribution is 6.30. The lowest BCUT2D eigenvalue weighted by atomic mass is 9.93. The molecule has 3 amide bonds. The zero-order valence-corrected chi connectivity index (χ0v) is 25.4. The maximum Gasteiger partial charge on any atom is 0.407 e. The molecule has 1 aliphatic carbocycles. The van der Waals surface area contributed by atoms with Gasteiger partial charge in [-0.25, -0.2) is 19.2 Å². The summed E-state index contributed by atoms with van der Waals surface area (Å²) in [5.41, 5.74) is -0.272. The van der Waals surface area contributed by atoms with Crippen LogP contribution >= 0.6 is 11.6 Å². The van der Waals surface area contributed by atoms with E-state index in [2.05, 4.69) is 25.9 Å². The van der Waals surface area contributed by atoms with Crippen molar-refractivity contribution in [3.63, 3.8) is 0 Å². The van der Waals surface area contributed by atoms with E-state index >= 15 is 0 Å². The van der Waals surface area contributed by atoms with Crippen LogP contribution in [0.25, 0.3) is 0 Å². The van der Waals surface area contributed by atoms with Crippen LogP contribution in [0.4, 0.5) is 20.7 Å². The molecule has 44 heavy (non-hydrogen) atoms. The van der Waals surface area contributed by atoms with Crippen molar-refractivity contribution in [1.29, 1.82) is 0 Å². The molecule has 3 aromatic rings. The Kier molecular flexibility index (Phi) is 10.9. The van der Waals surface area contributed by atoms with Crippen LogP contribution in [0.1, 0.15) is 67.3 Å². The van der Waals surface area contributed by atoms with Crippen LogP contribution < -0.4 is 25.4 Å². The fourth-order valence-electron chi connectivity index (χ4n) is 4.51. The van der Waals surface area contributed by atoms with Gasteiger partial charge >= 0.3 is 6.09 Å². The van der Waals surface area contributed by atoms with Gasteiger partial charge < -0.3 is 30.2 Å². The standard InChI is InChI=1S/C31H35ClFN5O6/c1-31(2,3)44-30(41)36-20-7-9-21(10-8-20)43-25-17-22(42-16-14-33)11-12-23(25)28(39)37-24-5-4-15-34-27(24)29(40)38-26-13-6-19(32)18-35-26/h4-6,11-13,15,17-18,20-21H,7-10,14,16H2,1-3H3,(H,36,41)(H,37,39)(H,35,38,40). The third kappa shape index (κ3) is 9.53. The molecule has 2 heterocycles. The minimum Gasteiger partial charge on any atom is -0.491 e. The summed E-state index contributed by atoms with van der Waals surface area (Å²) < 4.78 is 29.8. The molecule has 13 heteroatoms. The van der Waals surface area contributed by atoms with Gasteiger partial charge in [0.2, 0.25) is 0 Å². The number of carbonyl (C=O) groups excluding carboxylic acids is 3. The van der Waals surface area contributed by atoms with Crippen molar-refractivity contribution < 1.29 is 33.0 Å². The van der Waals surface area contributed by atoms with Crippen molar-refractivity contribution in [2.45, 2.75) is 64.2 Å². The highest BCUT2D eigenvalue weighted by Crippen LogP contribution is 2.31. The van der Waals surface area contributed by atoms with E-state index in [0.717, 1.165) is 0 Å². The molecule has 234 valence electrons. The summed E-state index contributed by atoms with van der Waals surface area (Å²) in [5, 5.41) is 8.68. The van der Waals surface area contributed by atoms with Gasteiger partial charge in [-0.05, 0) is 82.9 Å². The maximum absolute atomic E-state index is 13.5. The average molecular weight is 628 g/mol. The summed E-state index contributed by atoms with van der Waals surface area (Å²) in [6.07, 6.45) is 4.64. The van der Waals surface area contributed by atoms with Crippen LogP contribution in [0.15, 0.2) is 54.9 Å². The Morgan fingerprint density at radius 3 is 2.45 bits per heavy atom. The number of amides is 3. The topological polar surface area (TPSA) is 141 Å². The first-order valence-corrected chi connectivity index (χ1v) is 14.6. The predicted octanol–water partition coefficient (Wildman–Crippen LogP) is 6.20. The number of ether oxygens (including phenoxy) is 3. The Morgan fingerprint density at radius 2 is 1.77 bits per heavy atom. The molecule has 0 spiro atoms. The Balaban J connectivity index is 1.46. The number of pyridine rings is 2. The fraction of sp³-hybridized carbons (Fsp3) is 0.387. The smallest absolute Gasteiger partial charge is 0.407 e. The van der Waals surface area contributed by atoms with E-state index in [1.807, 2.05) is 0 Å². The van der Waals surface area contributed by atoms with E-state index < -0.39 is 30.2 Å². The van der Waals surface area contributed by atoms with Crippen LogP contribution in [0, 0.1) is 0 Å². The number of nitrogens with zero attached hydrogens (tertiary/aromatic N) is 2. The van der Waals surface area contributed by atoms with Crippen LogP contribution in [-0.4, -0.2) is 58.9 Å². The van der Waals surface area contributed by atoms with Crippen LogP contribution in [0.5, 0.6) is 11.5 Å². The van der Waals surface area contributed by atoms with Gasteiger partial charge in [0.1, 0.15) is 36.2 Å². The molecule has 1 saturated carbocycles. The number of hydrogen-bond acceptors (Lipinski definition) is 8. The van der Waals surface area contributed by atoms with Crippen molar-refractivity contribution >= 4 is 41.0 Å². The normalized spacial score (nSPS) is 16.4. The van der Waals surface area contributed by atoms with E-state index in [9.17, 15) is 18.8 Å². The van der Waals surface area contributed by atoms with E-state index in [1.165, 1.54) is 18.5 Å². The molecule has 4 rings (SSSR count). The second-order valence-electron chi connectivity index (χ2n) is 11.1. The van der Waals surface area contributed by atoms with Gasteiger partial charge in [0.25, 0.3) is 11.8 Å². The number of halogens is 2. The molecule has 1 fully saturated rings. The van der Waals surface area contributed by atoms with Crippen molar-refractivity contribution in [2.75, 3.05) is 23.9 Å². The molecule has 3 N–H and O–H groups in total. The molecule has 0 atom stereocenters. The van der Waals surface area contributed by atoms with Crippen molar-refractivity contribution in [2.24, 2.45) is 0 Å². The summed E-state index contributed by atoms with van der Waals surface area (Å²) in [4.78, 5) is 46.9. The minimum absolute atomic E-state index is 0.0289. The Labute approximate surface area is 259 Å². The highest BCUT2D eigenvalue weighted by atomic mass is 35.5. The number of alkyl carbamates (subject to hydrolysis) is 1. The van der Waals surface area contributed by atoms with E-state index in [0.29, 0.717) is 36.5 Å². The minimum atomic E-state index is -0.676. The second-order valence-corrected chi connectivity index (χ2v) is 11.5. The van der Waals surface area contributed by atoms with Crippen molar-refractivity contribution in [3.05, 3.63) is 71.1 Å². The van der Waals surface area contributed by atoms with Gasteiger partial charge in [-0.15, -0.1) is 0 Å². The first kappa shape index (κ1) is 32.5. The maximum atomic E-state index is 13.5. The van der Waals surface area contributed by atoms with Gasteiger partial charge in [0, 0.05) is 24.5 Å². The van der Waals surface area contributed by atoms with Gasteiger partial charge in [-0.1, -0.05) is 11.6 Å². The first-order chi connectivity index (χ1) is 21.0. The number of aromatic nitrogens is 2.